The summed E-state index contributed by atoms with van der Waals surface area (Å²) in [7, 11) is 0. The molecule has 6 nitrogen and oxygen atoms in total. The molecule has 0 heterocycles. The SMILES string of the molecule is O=C(O)CNC(=O)C1=C(CO)c2cc(Cl)ccc2C(c2ccc(Cl)cc2)C1=O. The van der Waals surface area contributed by atoms with Gasteiger partial charge < -0.3 is 15.5 Å². The molecule has 0 bridgehead atoms. The highest BCUT2D eigenvalue weighted by Gasteiger charge is 2.38. The van der Waals surface area contributed by atoms with E-state index in [1.807, 2.05) is 0 Å². The van der Waals surface area contributed by atoms with Crippen LogP contribution in [-0.4, -0.2) is 41.0 Å². The number of fused-ring (bicyclic) bond motifs is 1. The molecule has 1 unspecified atom stereocenters. The van der Waals surface area contributed by atoms with Crippen LogP contribution in [-0.2, 0) is 14.4 Å². The van der Waals surface area contributed by atoms with Gasteiger partial charge in [-0.3, -0.25) is 14.4 Å². The Kier molecular flexibility index (Phi) is 5.84. The maximum Gasteiger partial charge on any atom is 0.322 e. The number of aliphatic hydroxyl groups excluding tert-OH is 1. The van der Waals surface area contributed by atoms with Crippen LogP contribution in [0.4, 0.5) is 0 Å². The lowest BCUT2D eigenvalue weighted by molar-refractivity contribution is -0.137. The molecule has 2 aromatic rings. The van der Waals surface area contributed by atoms with Crippen molar-refractivity contribution in [1.82, 2.24) is 5.32 Å². The lowest BCUT2D eigenvalue weighted by Gasteiger charge is -2.28. The Labute approximate surface area is 170 Å². The molecule has 3 N–H and O–H groups in total. The first-order valence-corrected chi connectivity index (χ1v) is 9.02. The van der Waals surface area contributed by atoms with Gasteiger partial charge in [0, 0.05) is 15.6 Å². The maximum atomic E-state index is 13.3. The quantitative estimate of drug-likeness (QED) is 0.646. The highest BCUT2D eigenvalue weighted by atomic mass is 35.5. The summed E-state index contributed by atoms with van der Waals surface area (Å²) in [6.45, 7) is -1.23. The molecule has 1 aliphatic rings. The predicted molar refractivity (Wildman–Crippen MR) is 104 cm³/mol. The molecule has 0 radical (unpaired) electrons. The van der Waals surface area contributed by atoms with Gasteiger partial charge in [0.15, 0.2) is 5.78 Å². The summed E-state index contributed by atoms with van der Waals surface area (Å²) in [6, 6.07) is 11.5. The standard InChI is InChI=1S/C20H15Cl2NO5/c21-11-3-1-10(2-4-11)17-13-6-5-12(22)7-14(13)15(9-24)18(19(17)27)20(28)23-8-16(25)26/h1-7,17,24H,8-9H2,(H,23,28)(H,25,26). The Hall–Kier alpha value is -2.67. The molecule has 1 atom stereocenters. The Morgan fingerprint density at radius 3 is 2.29 bits per heavy atom. The molecule has 0 spiro atoms. The number of ketones is 1. The van der Waals surface area contributed by atoms with Crippen molar-refractivity contribution >= 4 is 46.4 Å². The van der Waals surface area contributed by atoms with Crippen molar-refractivity contribution < 1.29 is 24.6 Å². The van der Waals surface area contributed by atoms with Gasteiger partial charge in [-0.25, -0.2) is 0 Å². The number of amides is 1. The number of carboxylic acid groups (broad SMARTS) is 1. The number of carbonyl (C=O) groups excluding carboxylic acids is 2. The zero-order valence-corrected chi connectivity index (χ0v) is 15.9. The van der Waals surface area contributed by atoms with Crippen LogP contribution in [0.25, 0.3) is 5.57 Å². The molecule has 2 aromatic carbocycles. The molecular weight excluding hydrogens is 405 g/mol. The first-order valence-electron chi connectivity index (χ1n) is 8.27. The molecule has 28 heavy (non-hydrogen) atoms. The second kappa shape index (κ2) is 8.14. The molecule has 144 valence electrons. The minimum atomic E-state index is -1.25. The number of hydrogen-bond donors (Lipinski definition) is 3. The molecular formula is C20H15Cl2NO5. The molecule has 0 aromatic heterocycles. The van der Waals surface area contributed by atoms with E-state index in [1.165, 1.54) is 0 Å². The summed E-state index contributed by atoms with van der Waals surface area (Å²) in [6.07, 6.45) is 0. The lowest BCUT2D eigenvalue weighted by atomic mass is 9.74. The maximum absolute atomic E-state index is 13.3. The van der Waals surface area contributed by atoms with Gasteiger partial charge >= 0.3 is 5.97 Å². The van der Waals surface area contributed by atoms with Crippen molar-refractivity contribution in [3.63, 3.8) is 0 Å². The van der Waals surface area contributed by atoms with Gasteiger partial charge in [0.05, 0.1) is 18.1 Å². The molecule has 0 aliphatic heterocycles. The van der Waals surface area contributed by atoms with E-state index in [-0.39, 0.29) is 11.1 Å². The molecule has 3 rings (SSSR count). The summed E-state index contributed by atoms with van der Waals surface area (Å²) in [5.74, 6) is -3.46. The average molecular weight is 420 g/mol. The number of nitrogens with one attached hydrogen (secondary N) is 1. The third-order valence-electron chi connectivity index (χ3n) is 4.45. The van der Waals surface area contributed by atoms with Gasteiger partial charge in [0.1, 0.15) is 6.54 Å². The minimum absolute atomic E-state index is 0.107. The van der Waals surface area contributed by atoms with Crippen LogP contribution in [0.15, 0.2) is 48.0 Å². The number of halogens is 2. The topological polar surface area (TPSA) is 104 Å². The van der Waals surface area contributed by atoms with Crippen molar-refractivity contribution in [2.45, 2.75) is 5.92 Å². The van der Waals surface area contributed by atoms with E-state index in [2.05, 4.69) is 5.32 Å². The van der Waals surface area contributed by atoms with Crippen LogP contribution in [0.2, 0.25) is 10.0 Å². The fraction of sp³-hybridized carbons (Fsp3) is 0.150. The number of aliphatic hydroxyl groups is 1. The summed E-state index contributed by atoms with van der Waals surface area (Å²) >= 11 is 12.0. The lowest BCUT2D eigenvalue weighted by Crippen LogP contribution is -2.37. The number of carbonyl (C=O) groups is 3. The van der Waals surface area contributed by atoms with Gasteiger partial charge in [-0.2, -0.15) is 0 Å². The Balaban J connectivity index is 2.19. The van der Waals surface area contributed by atoms with Gasteiger partial charge in [0.2, 0.25) is 0 Å². The van der Waals surface area contributed by atoms with E-state index in [1.54, 1.807) is 42.5 Å². The van der Waals surface area contributed by atoms with Crippen LogP contribution in [0.1, 0.15) is 22.6 Å². The smallest absolute Gasteiger partial charge is 0.322 e. The molecule has 0 fully saturated rings. The normalized spacial score (nSPS) is 16.0. The first kappa shape index (κ1) is 20.1. The van der Waals surface area contributed by atoms with E-state index in [0.29, 0.717) is 26.7 Å². The third kappa shape index (κ3) is 3.80. The molecule has 0 saturated carbocycles. The van der Waals surface area contributed by atoms with Gasteiger partial charge in [-0.1, -0.05) is 41.4 Å². The Bertz CT molecular complexity index is 998. The average Bonchev–Trinajstić information content (AvgIpc) is 2.66. The third-order valence-corrected chi connectivity index (χ3v) is 4.94. The molecule has 1 aliphatic carbocycles. The van der Waals surface area contributed by atoms with E-state index >= 15 is 0 Å². The van der Waals surface area contributed by atoms with Crippen LogP contribution in [0.3, 0.4) is 0 Å². The summed E-state index contributed by atoms with van der Waals surface area (Å²) in [5, 5.41) is 21.7. The molecule has 8 heteroatoms. The highest BCUT2D eigenvalue weighted by Crippen LogP contribution is 2.41. The van der Waals surface area contributed by atoms with Gasteiger partial charge in [0.25, 0.3) is 5.91 Å². The van der Waals surface area contributed by atoms with Crippen molar-refractivity contribution in [2.24, 2.45) is 0 Å². The Morgan fingerprint density at radius 1 is 1.04 bits per heavy atom. The van der Waals surface area contributed by atoms with Crippen molar-refractivity contribution in [3.8, 4) is 0 Å². The van der Waals surface area contributed by atoms with Crippen LogP contribution < -0.4 is 5.32 Å². The van der Waals surface area contributed by atoms with E-state index in [4.69, 9.17) is 28.3 Å². The zero-order chi connectivity index (χ0) is 20.4. The van der Waals surface area contributed by atoms with Crippen LogP contribution >= 0.6 is 23.2 Å². The second-order valence-electron chi connectivity index (χ2n) is 6.17. The van der Waals surface area contributed by atoms with E-state index in [0.717, 1.165) is 0 Å². The number of rotatable bonds is 5. The molecule has 1 amide bonds. The zero-order valence-electron chi connectivity index (χ0n) is 14.4. The van der Waals surface area contributed by atoms with Gasteiger partial charge in [-0.15, -0.1) is 0 Å². The predicted octanol–water partition coefficient (Wildman–Crippen LogP) is 2.65. The largest absolute Gasteiger partial charge is 0.480 e. The summed E-state index contributed by atoms with van der Waals surface area (Å²) in [4.78, 5) is 36.6. The molecule has 0 saturated heterocycles. The number of Topliss-reactive ketones (excluding diaryl/α,β-unsaturated/α-hetero) is 1. The van der Waals surface area contributed by atoms with Crippen LogP contribution in [0, 0.1) is 0 Å². The van der Waals surface area contributed by atoms with Crippen molar-refractivity contribution in [2.75, 3.05) is 13.2 Å². The fourth-order valence-electron chi connectivity index (χ4n) is 3.25. The second-order valence-corrected chi connectivity index (χ2v) is 7.04. The van der Waals surface area contributed by atoms with Gasteiger partial charge in [-0.05, 0) is 41.0 Å². The minimum Gasteiger partial charge on any atom is -0.480 e. The van der Waals surface area contributed by atoms with E-state index in [9.17, 15) is 19.5 Å². The summed E-state index contributed by atoms with van der Waals surface area (Å²) < 4.78 is 0. The monoisotopic (exact) mass is 419 g/mol. The number of aliphatic carboxylic acids is 1. The summed E-state index contributed by atoms with van der Waals surface area (Å²) in [5.41, 5.74) is 1.50. The van der Waals surface area contributed by atoms with Crippen molar-refractivity contribution in [1.29, 1.82) is 0 Å². The number of carboxylic acids is 1. The Morgan fingerprint density at radius 2 is 1.68 bits per heavy atom. The van der Waals surface area contributed by atoms with Crippen molar-refractivity contribution in [3.05, 3.63) is 74.8 Å². The van der Waals surface area contributed by atoms with E-state index < -0.39 is 36.7 Å². The first-order chi connectivity index (χ1) is 13.3. The fourth-order valence-corrected chi connectivity index (χ4v) is 3.55. The number of benzene rings is 2. The highest BCUT2D eigenvalue weighted by molar-refractivity contribution is 6.32. The van der Waals surface area contributed by atoms with Crippen LogP contribution in [0.5, 0.6) is 0 Å². The number of hydrogen-bond acceptors (Lipinski definition) is 4.